The third-order valence-corrected chi connectivity index (χ3v) is 9.27. The molecule has 2 heterocycles. The van der Waals surface area contributed by atoms with Gasteiger partial charge in [-0.05, 0) is 46.5 Å². The Morgan fingerprint density at radius 3 is 1.62 bits per heavy atom. The third-order valence-electron chi connectivity index (χ3n) is 9.02. The van der Waals surface area contributed by atoms with E-state index in [1.54, 1.807) is 24.3 Å². The summed E-state index contributed by atoms with van der Waals surface area (Å²) >= 11 is 6.21. The molecule has 5 aromatic carbocycles. The van der Waals surface area contributed by atoms with Gasteiger partial charge in [0.2, 0.25) is 0 Å². The van der Waals surface area contributed by atoms with Crippen LogP contribution in [0.25, 0.3) is 11.1 Å². The second-order valence-corrected chi connectivity index (χ2v) is 11.5. The number of halogens is 1. The molecule has 2 aliphatic rings. The first-order valence-corrected chi connectivity index (χ1v) is 14.5. The van der Waals surface area contributed by atoms with E-state index in [-0.39, 0.29) is 0 Å². The van der Waals surface area contributed by atoms with Gasteiger partial charge in [-0.3, -0.25) is 4.79 Å². The highest BCUT2D eigenvalue weighted by Gasteiger charge is 2.80. The van der Waals surface area contributed by atoms with Gasteiger partial charge in [0.15, 0.2) is 17.0 Å². The van der Waals surface area contributed by atoms with Crippen molar-refractivity contribution in [2.24, 2.45) is 5.92 Å². The molecule has 4 unspecified atom stereocenters. The topological polar surface area (TPSA) is 46.5 Å². The summed E-state index contributed by atoms with van der Waals surface area (Å²) in [6.07, 6.45) is 0. The van der Waals surface area contributed by atoms with Crippen LogP contribution in [0.4, 0.5) is 0 Å². The fraction of sp³-hybridized carbons (Fsp3) is 0.132. The highest BCUT2D eigenvalue weighted by Crippen LogP contribution is 2.74. The van der Waals surface area contributed by atoms with Gasteiger partial charge in [-0.2, -0.15) is 0 Å². The fourth-order valence-electron chi connectivity index (χ4n) is 7.21. The van der Waals surface area contributed by atoms with Crippen LogP contribution in [-0.4, -0.2) is 16.5 Å². The maximum atomic E-state index is 14.9. The Hall–Kier alpha value is -4.28. The maximum absolute atomic E-state index is 14.9. The van der Waals surface area contributed by atoms with Crippen LogP contribution in [0.3, 0.4) is 0 Å². The zero-order chi connectivity index (χ0) is 29.0. The second-order valence-electron chi connectivity index (χ2n) is 11.1. The van der Waals surface area contributed by atoms with Crippen LogP contribution < -0.4 is 0 Å². The van der Waals surface area contributed by atoms with E-state index in [9.17, 15) is 9.90 Å². The van der Waals surface area contributed by atoms with Crippen molar-refractivity contribution in [1.29, 1.82) is 0 Å². The Morgan fingerprint density at radius 2 is 1.10 bits per heavy atom. The highest BCUT2D eigenvalue weighted by molar-refractivity contribution is 6.30. The molecule has 7 rings (SSSR count). The predicted octanol–water partition coefficient (Wildman–Crippen LogP) is 8.34. The number of carbonyl (C=O) groups excluding carboxylic acids is 1. The van der Waals surface area contributed by atoms with Crippen molar-refractivity contribution in [2.75, 3.05) is 0 Å². The van der Waals surface area contributed by atoms with Crippen LogP contribution in [0.15, 0.2) is 146 Å². The first kappa shape index (κ1) is 26.6. The van der Waals surface area contributed by atoms with Crippen molar-refractivity contribution in [1.82, 2.24) is 0 Å². The van der Waals surface area contributed by atoms with E-state index >= 15 is 0 Å². The van der Waals surface area contributed by atoms with Gasteiger partial charge in [0, 0.05) is 27.7 Å². The SMILES string of the molecule is CC1C2(c3ccccc3)OC(c3ccccc3)(C(c3ccccc3)=C2c2ccccc2)C1(O)C(=O)c1ccc(Cl)cc1. The van der Waals surface area contributed by atoms with Crippen LogP contribution in [0.5, 0.6) is 0 Å². The van der Waals surface area contributed by atoms with Gasteiger partial charge >= 0.3 is 0 Å². The van der Waals surface area contributed by atoms with Gasteiger partial charge in [-0.1, -0.05) is 140 Å². The summed E-state index contributed by atoms with van der Waals surface area (Å²) in [6.45, 7) is 1.94. The van der Waals surface area contributed by atoms with E-state index < -0.39 is 28.5 Å². The van der Waals surface area contributed by atoms with Crippen molar-refractivity contribution < 1.29 is 14.6 Å². The number of ketones is 1. The van der Waals surface area contributed by atoms with E-state index in [1.165, 1.54) is 0 Å². The molecule has 0 saturated carbocycles. The lowest BCUT2D eigenvalue weighted by Crippen LogP contribution is -2.60. The van der Waals surface area contributed by atoms with Crippen molar-refractivity contribution in [2.45, 2.75) is 23.7 Å². The molecule has 4 atom stereocenters. The van der Waals surface area contributed by atoms with E-state index in [0.29, 0.717) is 16.1 Å². The van der Waals surface area contributed by atoms with Crippen LogP contribution in [0, 0.1) is 5.92 Å². The number of fused-ring (bicyclic) bond motifs is 2. The molecule has 0 spiro atoms. The van der Waals surface area contributed by atoms with E-state index in [0.717, 1.165) is 27.8 Å². The minimum absolute atomic E-state index is 0.372. The molecule has 206 valence electrons. The normalized spacial score (nSPS) is 26.4. The minimum Gasteiger partial charge on any atom is -0.378 e. The lowest BCUT2D eigenvalue weighted by atomic mass is 9.54. The molecular weight excluding hydrogens is 540 g/mol. The Balaban J connectivity index is 1.67. The van der Waals surface area contributed by atoms with Crippen LogP contribution >= 0.6 is 11.6 Å². The van der Waals surface area contributed by atoms with Crippen molar-refractivity contribution in [3.63, 3.8) is 0 Å². The quantitative estimate of drug-likeness (QED) is 0.209. The second kappa shape index (κ2) is 9.92. The summed E-state index contributed by atoms with van der Waals surface area (Å²) in [6, 6.07) is 46.6. The van der Waals surface area contributed by atoms with E-state index in [4.69, 9.17) is 16.3 Å². The summed E-state index contributed by atoms with van der Waals surface area (Å²) in [5, 5.41) is 13.8. The zero-order valence-corrected chi connectivity index (χ0v) is 23.8. The maximum Gasteiger partial charge on any atom is 0.198 e. The Morgan fingerprint density at radius 1 is 0.643 bits per heavy atom. The molecule has 0 amide bonds. The smallest absolute Gasteiger partial charge is 0.198 e. The lowest BCUT2D eigenvalue weighted by molar-refractivity contribution is -0.0867. The van der Waals surface area contributed by atoms with Crippen molar-refractivity contribution in [3.05, 3.63) is 178 Å². The largest absolute Gasteiger partial charge is 0.378 e. The summed E-state index contributed by atoms with van der Waals surface area (Å²) in [7, 11) is 0. The number of aliphatic hydroxyl groups is 1. The molecule has 2 aliphatic heterocycles. The van der Waals surface area contributed by atoms with Crippen molar-refractivity contribution in [3.8, 4) is 0 Å². The highest BCUT2D eigenvalue weighted by atomic mass is 35.5. The molecule has 1 N–H and O–H groups in total. The number of hydrogen-bond donors (Lipinski definition) is 1. The molecule has 0 radical (unpaired) electrons. The van der Waals surface area contributed by atoms with Crippen LogP contribution in [0.2, 0.25) is 5.02 Å². The van der Waals surface area contributed by atoms with Gasteiger partial charge < -0.3 is 9.84 Å². The summed E-state index contributed by atoms with van der Waals surface area (Å²) in [5.41, 5.74) is 0.883. The molecule has 42 heavy (non-hydrogen) atoms. The molecule has 3 nitrogen and oxygen atoms in total. The van der Waals surface area contributed by atoms with Crippen LogP contribution in [-0.2, 0) is 15.9 Å². The summed E-state index contributed by atoms with van der Waals surface area (Å²) in [4.78, 5) is 14.9. The van der Waals surface area contributed by atoms with Crippen LogP contribution in [0.1, 0.15) is 39.5 Å². The molecule has 1 fully saturated rings. The van der Waals surface area contributed by atoms with Gasteiger partial charge in [0.1, 0.15) is 5.60 Å². The molecule has 2 bridgehead atoms. The number of benzene rings is 5. The Labute approximate surface area is 250 Å². The molecule has 1 saturated heterocycles. The molecule has 0 aliphatic carbocycles. The minimum atomic E-state index is -1.98. The Kier molecular flexibility index (Phi) is 6.29. The van der Waals surface area contributed by atoms with Gasteiger partial charge in [0.25, 0.3) is 0 Å². The average Bonchev–Trinajstić information content (AvgIpc) is 3.50. The molecular formula is C38H29ClO3. The zero-order valence-electron chi connectivity index (χ0n) is 23.1. The third kappa shape index (κ3) is 3.51. The van der Waals surface area contributed by atoms with Gasteiger partial charge in [-0.15, -0.1) is 0 Å². The lowest BCUT2D eigenvalue weighted by Gasteiger charge is -2.46. The standard InChI is InChI=1S/C38H29ClO3/c1-26-36(30-18-10-4-11-19-30)33(27-14-6-2-7-15-27)34(28-16-8-3-9-17-28)38(42-36,31-20-12-5-13-21-31)37(26,41)35(40)29-22-24-32(39)25-23-29/h2-26,41H,1H3. The van der Waals surface area contributed by atoms with Gasteiger partial charge in [0.05, 0.1) is 0 Å². The van der Waals surface area contributed by atoms with E-state index in [1.807, 2.05) is 116 Å². The van der Waals surface area contributed by atoms with Crippen molar-refractivity contribution >= 4 is 28.5 Å². The first-order valence-electron chi connectivity index (χ1n) is 14.1. The monoisotopic (exact) mass is 568 g/mol. The molecule has 5 aromatic rings. The molecule has 4 heteroatoms. The molecule has 0 aromatic heterocycles. The number of Topliss-reactive ketones (excluding diaryl/α,β-unsaturated/α-hetero) is 1. The summed E-state index contributed by atoms with van der Waals surface area (Å²) < 4.78 is 7.48. The summed E-state index contributed by atoms with van der Waals surface area (Å²) in [5.74, 6) is -1.09. The number of hydrogen-bond acceptors (Lipinski definition) is 3. The number of ether oxygens (including phenoxy) is 1. The first-order chi connectivity index (χ1) is 20.4. The number of carbonyl (C=O) groups is 1. The predicted molar refractivity (Wildman–Crippen MR) is 167 cm³/mol. The Bertz CT molecular complexity index is 1790. The van der Waals surface area contributed by atoms with E-state index in [2.05, 4.69) is 12.1 Å². The number of rotatable bonds is 6. The average molecular weight is 569 g/mol. The van der Waals surface area contributed by atoms with Gasteiger partial charge in [-0.25, -0.2) is 0 Å². The fourth-order valence-corrected chi connectivity index (χ4v) is 7.33.